The van der Waals surface area contributed by atoms with Crippen LogP contribution in [0.1, 0.15) is 18.2 Å². The topological polar surface area (TPSA) is 148 Å². The number of hydrogen-bond acceptors (Lipinski definition) is 9. The van der Waals surface area contributed by atoms with Crippen LogP contribution >= 0.6 is 11.6 Å². The lowest BCUT2D eigenvalue weighted by Gasteiger charge is -2.36. The number of benzene rings is 1. The summed E-state index contributed by atoms with van der Waals surface area (Å²) in [5, 5.41) is 52.7. The summed E-state index contributed by atoms with van der Waals surface area (Å²) in [4.78, 5) is 4.21. The number of aliphatic hydroxyl groups excluding tert-OH is 4. The van der Waals surface area contributed by atoms with Gasteiger partial charge in [-0.15, -0.1) is 0 Å². The highest BCUT2D eigenvalue weighted by Gasteiger charge is 2.48. The van der Waals surface area contributed by atoms with Crippen LogP contribution in [0.4, 0.5) is 0 Å². The number of ether oxygens (including phenoxy) is 3. The second-order valence-electron chi connectivity index (χ2n) is 8.32. The second-order valence-corrected chi connectivity index (χ2v) is 8.76. The number of hydrogen-bond donors (Lipinski definition) is 4. The van der Waals surface area contributed by atoms with Gasteiger partial charge in [-0.2, -0.15) is 4.57 Å². The molecule has 1 unspecified atom stereocenters. The van der Waals surface area contributed by atoms with Crippen molar-refractivity contribution in [3.05, 3.63) is 71.6 Å². The first-order valence-corrected chi connectivity index (χ1v) is 11.8. The molecule has 0 spiro atoms. The zero-order valence-corrected chi connectivity index (χ0v) is 19.9. The molecule has 192 valence electrons. The number of pyridine rings is 2. The van der Waals surface area contributed by atoms with Crippen LogP contribution in [0.3, 0.4) is 0 Å². The van der Waals surface area contributed by atoms with Crippen molar-refractivity contribution in [2.24, 2.45) is 0 Å². The lowest BCUT2D eigenvalue weighted by Crippen LogP contribution is -2.62. The van der Waals surface area contributed by atoms with Gasteiger partial charge in [-0.1, -0.05) is 17.7 Å². The molecule has 1 aliphatic heterocycles. The smallest absolute Gasteiger partial charge is 0.292 e. The maximum Gasteiger partial charge on any atom is 0.292 e. The molecule has 0 aliphatic carbocycles. The highest BCUT2D eigenvalue weighted by atomic mass is 35.5. The van der Waals surface area contributed by atoms with Crippen LogP contribution in [0.15, 0.2) is 61.1 Å². The monoisotopic (exact) mass is 518 g/mol. The van der Waals surface area contributed by atoms with Crippen molar-refractivity contribution >= 4 is 11.6 Å². The average molecular weight is 519 g/mol. The molecule has 4 N–H and O–H groups in total. The summed E-state index contributed by atoms with van der Waals surface area (Å²) >= 11 is 6.00. The van der Waals surface area contributed by atoms with E-state index in [1.165, 1.54) is 10.8 Å². The molecule has 5 atom stereocenters. The lowest BCUT2D eigenvalue weighted by molar-refractivity contribution is -0.779. The molecule has 10 nitrogen and oxygen atoms in total. The number of rotatable bonds is 9. The first-order valence-electron chi connectivity index (χ1n) is 11.4. The minimum atomic E-state index is -1.53. The van der Waals surface area contributed by atoms with Gasteiger partial charge in [0.1, 0.15) is 24.1 Å². The van der Waals surface area contributed by atoms with E-state index < -0.39 is 37.3 Å². The lowest BCUT2D eigenvalue weighted by atomic mass is 9.98. The Labute approximate surface area is 212 Å². The van der Waals surface area contributed by atoms with Gasteiger partial charge in [0.2, 0.25) is 0 Å². The van der Waals surface area contributed by atoms with Crippen molar-refractivity contribution in [1.82, 2.24) is 4.98 Å². The predicted octanol–water partition coefficient (Wildman–Crippen LogP) is 0.872. The highest BCUT2D eigenvalue weighted by Crippen LogP contribution is 2.30. The molecule has 11 heteroatoms. The van der Waals surface area contributed by atoms with Crippen molar-refractivity contribution in [2.75, 3.05) is 13.2 Å². The normalized spacial score (nSPS) is 23.9. The third-order valence-electron chi connectivity index (χ3n) is 5.79. The summed E-state index contributed by atoms with van der Waals surface area (Å²) in [5.74, 6) is 0.984. The van der Waals surface area contributed by atoms with E-state index in [1.54, 1.807) is 54.9 Å². The number of aliphatic hydroxyl groups is 4. The Morgan fingerprint density at radius 1 is 1.08 bits per heavy atom. The standard InChI is InChI=1S/C25H27ClN2O8/c26-16-5-1-6-17(12-16)35-24-19(7-2-9-27-24)34-11-3-4-15-8-10-28(13-18(15)30)25-23(33)22(32)21(31)20(14-29)36-25/h1-2,5-10,12-13,20-23,25,29,31-33H,3-4,11,14H2/t20-,21-,22+,23-,25?/m0/s1. The molecule has 3 aromatic rings. The van der Waals surface area contributed by atoms with E-state index in [0.29, 0.717) is 47.4 Å². The molecule has 36 heavy (non-hydrogen) atoms. The maximum absolute atomic E-state index is 12.6. The molecule has 0 bridgehead atoms. The minimum absolute atomic E-state index is 0.291. The van der Waals surface area contributed by atoms with Gasteiger partial charge in [0, 0.05) is 17.3 Å². The SMILES string of the molecule is [O-]c1c[n+](C2O[C@@H](CO)[C@H](O)[C@@H](O)[C@@H]2O)ccc1CCCOc1cccnc1Oc1cccc(Cl)c1. The fraction of sp³-hybridized carbons (Fsp3) is 0.360. The van der Waals surface area contributed by atoms with Gasteiger partial charge in [0.25, 0.3) is 12.1 Å². The molecule has 0 amide bonds. The van der Waals surface area contributed by atoms with Crippen LogP contribution in [0.2, 0.25) is 5.02 Å². The van der Waals surface area contributed by atoms with E-state index in [-0.39, 0.29) is 5.75 Å². The summed E-state index contributed by atoms with van der Waals surface area (Å²) in [6, 6.07) is 12.0. The number of aromatic nitrogens is 2. The Morgan fingerprint density at radius 2 is 1.92 bits per heavy atom. The first-order chi connectivity index (χ1) is 17.4. The Morgan fingerprint density at radius 3 is 2.67 bits per heavy atom. The van der Waals surface area contributed by atoms with Gasteiger partial charge >= 0.3 is 0 Å². The van der Waals surface area contributed by atoms with Gasteiger partial charge in [0.05, 0.1) is 13.2 Å². The van der Waals surface area contributed by atoms with Crippen LogP contribution in [0.25, 0.3) is 0 Å². The molecule has 1 aromatic carbocycles. The van der Waals surface area contributed by atoms with Crippen LogP contribution < -0.4 is 19.1 Å². The number of halogens is 1. The van der Waals surface area contributed by atoms with E-state index >= 15 is 0 Å². The van der Waals surface area contributed by atoms with E-state index in [0.717, 1.165) is 0 Å². The molecule has 1 aliphatic rings. The molecule has 0 radical (unpaired) electrons. The molecule has 1 fully saturated rings. The summed E-state index contributed by atoms with van der Waals surface area (Å²) in [7, 11) is 0. The van der Waals surface area contributed by atoms with E-state index in [9.17, 15) is 25.5 Å². The van der Waals surface area contributed by atoms with Crippen LogP contribution in [-0.2, 0) is 11.2 Å². The molecular formula is C25H27ClN2O8. The zero-order chi connectivity index (χ0) is 25.7. The van der Waals surface area contributed by atoms with E-state index in [2.05, 4.69) is 4.98 Å². The fourth-order valence-electron chi connectivity index (χ4n) is 3.86. The summed E-state index contributed by atoms with van der Waals surface area (Å²) in [5.41, 5.74) is 0.529. The Kier molecular flexibility index (Phi) is 8.57. The van der Waals surface area contributed by atoms with E-state index in [4.69, 9.17) is 25.8 Å². The van der Waals surface area contributed by atoms with Crippen molar-refractivity contribution in [3.63, 3.8) is 0 Å². The molecule has 4 rings (SSSR count). The Bertz CT molecular complexity index is 1160. The Balaban J connectivity index is 1.34. The quantitative estimate of drug-likeness (QED) is 0.239. The number of nitrogens with zero attached hydrogens (tertiary/aromatic N) is 2. The molecule has 2 aromatic heterocycles. The highest BCUT2D eigenvalue weighted by molar-refractivity contribution is 6.30. The van der Waals surface area contributed by atoms with Crippen LogP contribution in [0.5, 0.6) is 23.1 Å². The largest absolute Gasteiger partial charge is 0.868 e. The van der Waals surface area contributed by atoms with Gasteiger partial charge in [0.15, 0.2) is 24.2 Å². The summed E-state index contributed by atoms with van der Waals surface area (Å²) in [6.07, 6.45) is -1.32. The van der Waals surface area contributed by atoms with Crippen molar-refractivity contribution in [3.8, 4) is 23.1 Å². The van der Waals surface area contributed by atoms with Crippen molar-refractivity contribution in [1.29, 1.82) is 0 Å². The fourth-order valence-corrected chi connectivity index (χ4v) is 4.04. The number of aryl methyl sites for hydroxylation is 1. The third-order valence-corrected chi connectivity index (χ3v) is 6.02. The predicted molar refractivity (Wildman–Crippen MR) is 125 cm³/mol. The second kappa shape index (κ2) is 11.8. The summed E-state index contributed by atoms with van der Waals surface area (Å²) < 4.78 is 18.4. The van der Waals surface area contributed by atoms with Crippen molar-refractivity contribution in [2.45, 2.75) is 43.5 Å². The van der Waals surface area contributed by atoms with Crippen LogP contribution in [-0.4, -0.2) is 63.0 Å². The van der Waals surface area contributed by atoms with Gasteiger partial charge < -0.3 is 39.7 Å². The zero-order valence-electron chi connectivity index (χ0n) is 19.2. The molecular weight excluding hydrogens is 492 g/mol. The van der Waals surface area contributed by atoms with Crippen molar-refractivity contribution < 1.29 is 44.3 Å². The van der Waals surface area contributed by atoms with Gasteiger partial charge in [-0.3, -0.25) is 0 Å². The van der Waals surface area contributed by atoms with Crippen LogP contribution in [0, 0.1) is 0 Å². The molecule has 0 saturated carbocycles. The molecule has 3 heterocycles. The average Bonchev–Trinajstić information content (AvgIpc) is 2.87. The van der Waals surface area contributed by atoms with Gasteiger partial charge in [-0.25, -0.2) is 4.98 Å². The van der Waals surface area contributed by atoms with Gasteiger partial charge in [-0.05, 0) is 54.5 Å². The maximum atomic E-state index is 12.6. The summed E-state index contributed by atoms with van der Waals surface area (Å²) in [6.45, 7) is -0.244. The van der Waals surface area contributed by atoms with E-state index in [1.807, 2.05) is 0 Å². The first kappa shape index (κ1) is 26.1. The Hall–Kier alpha value is -2.99. The minimum Gasteiger partial charge on any atom is -0.868 e. The molecule has 1 saturated heterocycles. The third kappa shape index (κ3) is 6.04.